The topological polar surface area (TPSA) is 39.7 Å². The predicted octanol–water partition coefficient (Wildman–Crippen LogP) is 1.54. The number of rotatable bonds is 3. The second kappa shape index (κ2) is 5.38. The summed E-state index contributed by atoms with van der Waals surface area (Å²) in [7, 11) is 5.30. The molecule has 0 spiro atoms. The molecule has 17 heavy (non-hydrogen) atoms. The number of ether oxygens (including phenoxy) is 3. The average Bonchev–Trinajstić information content (AvgIpc) is 2.59. The maximum atomic E-state index is 5.59. The Morgan fingerprint density at radius 3 is 2.76 bits per heavy atom. The maximum Gasteiger partial charge on any atom is 0.126 e. The molecule has 1 heterocycles. The lowest BCUT2D eigenvalue weighted by molar-refractivity contribution is 0.123. The Bertz CT molecular complexity index is 392. The lowest BCUT2D eigenvalue weighted by Gasteiger charge is -2.19. The quantitative estimate of drug-likeness (QED) is 0.865. The van der Waals surface area contributed by atoms with Crippen molar-refractivity contribution >= 4 is 0 Å². The van der Waals surface area contributed by atoms with Gasteiger partial charge in [-0.2, -0.15) is 0 Å². The van der Waals surface area contributed by atoms with E-state index >= 15 is 0 Å². The molecule has 1 aliphatic rings. The molecule has 2 rings (SSSR count). The van der Waals surface area contributed by atoms with Crippen LogP contribution in [0.5, 0.6) is 11.5 Å². The fourth-order valence-electron chi connectivity index (χ4n) is 2.22. The van der Waals surface area contributed by atoms with Crippen LogP contribution in [0.3, 0.4) is 0 Å². The molecule has 94 valence electrons. The smallest absolute Gasteiger partial charge is 0.126 e. The minimum atomic E-state index is 0.191. The van der Waals surface area contributed by atoms with E-state index in [1.165, 1.54) is 11.1 Å². The third-order valence-electron chi connectivity index (χ3n) is 3.18. The van der Waals surface area contributed by atoms with Gasteiger partial charge in [0.2, 0.25) is 0 Å². The normalized spacial score (nSPS) is 19.4. The second-order valence-corrected chi connectivity index (χ2v) is 4.06. The van der Waals surface area contributed by atoms with Crippen LogP contribution in [0.1, 0.15) is 17.2 Å². The summed E-state index contributed by atoms with van der Waals surface area (Å²) in [5.74, 6) is 1.70. The molecule has 1 aromatic carbocycles. The first kappa shape index (κ1) is 12.2. The molecule has 1 atom stereocenters. The lowest BCUT2D eigenvalue weighted by Crippen LogP contribution is -2.21. The van der Waals surface area contributed by atoms with Crippen LogP contribution in [0, 0.1) is 0 Å². The van der Waals surface area contributed by atoms with Gasteiger partial charge in [-0.25, -0.2) is 0 Å². The summed E-state index contributed by atoms with van der Waals surface area (Å²) < 4.78 is 16.3. The van der Waals surface area contributed by atoms with Crippen LogP contribution in [0.25, 0.3) is 0 Å². The van der Waals surface area contributed by atoms with Crippen molar-refractivity contribution in [3.63, 3.8) is 0 Å². The molecule has 1 aromatic rings. The van der Waals surface area contributed by atoms with Crippen molar-refractivity contribution in [3.05, 3.63) is 23.3 Å². The SMILES string of the molecule is CNC1COCCc2c(OC)cc(OC)cc21. The van der Waals surface area contributed by atoms with Crippen LogP contribution in [-0.4, -0.2) is 34.5 Å². The summed E-state index contributed by atoms with van der Waals surface area (Å²) in [4.78, 5) is 0. The Kier molecular flexibility index (Phi) is 3.86. The number of nitrogens with one attached hydrogen (secondary N) is 1. The van der Waals surface area contributed by atoms with Gasteiger partial charge in [0, 0.05) is 11.6 Å². The Labute approximate surface area is 102 Å². The van der Waals surface area contributed by atoms with Gasteiger partial charge in [-0.1, -0.05) is 0 Å². The van der Waals surface area contributed by atoms with E-state index in [2.05, 4.69) is 11.4 Å². The van der Waals surface area contributed by atoms with Crippen molar-refractivity contribution in [2.75, 3.05) is 34.5 Å². The minimum Gasteiger partial charge on any atom is -0.497 e. The molecule has 0 bridgehead atoms. The number of hydrogen-bond acceptors (Lipinski definition) is 4. The monoisotopic (exact) mass is 237 g/mol. The maximum absolute atomic E-state index is 5.59. The second-order valence-electron chi connectivity index (χ2n) is 4.06. The fraction of sp³-hybridized carbons (Fsp3) is 0.538. The Morgan fingerprint density at radius 1 is 1.29 bits per heavy atom. The zero-order valence-electron chi connectivity index (χ0n) is 10.6. The first-order valence-corrected chi connectivity index (χ1v) is 5.80. The van der Waals surface area contributed by atoms with Gasteiger partial charge in [-0.15, -0.1) is 0 Å². The van der Waals surface area contributed by atoms with Gasteiger partial charge in [0.1, 0.15) is 11.5 Å². The number of methoxy groups -OCH3 is 2. The van der Waals surface area contributed by atoms with Crippen LogP contribution in [0.4, 0.5) is 0 Å². The summed E-state index contributed by atoms with van der Waals surface area (Å²) in [6, 6.07) is 4.18. The Balaban J connectivity index is 2.51. The third-order valence-corrected chi connectivity index (χ3v) is 3.18. The van der Waals surface area contributed by atoms with E-state index in [1.54, 1.807) is 14.2 Å². The minimum absolute atomic E-state index is 0.191. The summed E-state index contributed by atoms with van der Waals surface area (Å²) in [5, 5.41) is 3.27. The highest BCUT2D eigenvalue weighted by molar-refractivity contribution is 5.48. The number of benzene rings is 1. The van der Waals surface area contributed by atoms with Crippen molar-refractivity contribution in [2.24, 2.45) is 0 Å². The summed E-state index contributed by atoms with van der Waals surface area (Å²) >= 11 is 0. The van der Waals surface area contributed by atoms with Crippen molar-refractivity contribution in [3.8, 4) is 11.5 Å². The van der Waals surface area contributed by atoms with E-state index in [0.717, 1.165) is 24.5 Å². The van der Waals surface area contributed by atoms with Gasteiger partial charge in [-0.3, -0.25) is 0 Å². The fourth-order valence-corrected chi connectivity index (χ4v) is 2.22. The molecule has 0 radical (unpaired) electrons. The number of likely N-dealkylation sites (N-methyl/N-ethyl adjacent to an activating group) is 1. The zero-order valence-corrected chi connectivity index (χ0v) is 10.6. The van der Waals surface area contributed by atoms with Gasteiger partial charge in [0.25, 0.3) is 0 Å². The van der Waals surface area contributed by atoms with E-state index in [-0.39, 0.29) is 6.04 Å². The van der Waals surface area contributed by atoms with E-state index in [1.807, 2.05) is 13.1 Å². The van der Waals surface area contributed by atoms with Crippen LogP contribution in [-0.2, 0) is 11.2 Å². The summed E-state index contributed by atoms with van der Waals surface area (Å²) in [6.45, 7) is 1.41. The Hall–Kier alpha value is -1.26. The molecule has 0 aliphatic carbocycles. The molecule has 1 aliphatic heterocycles. The molecule has 0 saturated heterocycles. The van der Waals surface area contributed by atoms with E-state index in [0.29, 0.717) is 6.61 Å². The van der Waals surface area contributed by atoms with Crippen LogP contribution in [0.15, 0.2) is 12.1 Å². The molecule has 0 saturated carbocycles. The average molecular weight is 237 g/mol. The molecule has 1 N–H and O–H groups in total. The van der Waals surface area contributed by atoms with Crippen LogP contribution < -0.4 is 14.8 Å². The van der Waals surface area contributed by atoms with Crippen molar-refractivity contribution < 1.29 is 14.2 Å². The van der Waals surface area contributed by atoms with Crippen LogP contribution in [0.2, 0.25) is 0 Å². The Morgan fingerprint density at radius 2 is 2.12 bits per heavy atom. The number of hydrogen-bond donors (Lipinski definition) is 1. The molecular formula is C13H19NO3. The standard InChI is InChI=1S/C13H19NO3/c1-14-12-8-17-5-4-10-11(12)6-9(15-2)7-13(10)16-3/h6-7,12,14H,4-5,8H2,1-3H3. The largest absolute Gasteiger partial charge is 0.497 e. The number of fused-ring (bicyclic) bond motifs is 1. The molecule has 1 unspecified atom stereocenters. The highest BCUT2D eigenvalue weighted by atomic mass is 16.5. The van der Waals surface area contributed by atoms with E-state index in [4.69, 9.17) is 14.2 Å². The first-order valence-electron chi connectivity index (χ1n) is 5.80. The molecule has 4 nitrogen and oxygen atoms in total. The van der Waals surface area contributed by atoms with E-state index in [9.17, 15) is 0 Å². The molecule has 4 heteroatoms. The molecule has 0 aromatic heterocycles. The van der Waals surface area contributed by atoms with Gasteiger partial charge in [0.15, 0.2) is 0 Å². The van der Waals surface area contributed by atoms with Gasteiger partial charge >= 0.3 is 0 Å². The molecule has 0 amide bonds. The zero-order chi connectivity index (χ0) is 12.3. The van der Waals surface area contributed by atoms with Crippen molar-refractivity contribution in [2.45, 2.75) is 12.5 Å². The predicted molar refractivity (Wildman–Crippen MR) is 65.9 cm³/mol. The van der Waals surface area contributed by atoms with Gasteiger partial charge in [-0.05, 0) is 25.1 Å². The first-order chi connectivity index (χ1) is 8.30. The van der Waals surface area contributed by atoms with E-state index < -0.39 is 0 Å². The highest BCUT2D eigenvalue weighted by Crippen LogP contribution is 2.34. The van der Waals surface area contributed by atoms with Crippen molar-refractivity contribution in [1.29, 1.82) is 0 Å². The summed E-state index contributed by atoms with van der Waals surface area (Å²) in [6.07, 6.45) is 0.876. The van der Waals surface area contributed by atoms with Gasteiger partial charge < -0.3 is 19.5 Å². The summed E-state index contributed by atoms with van der Waals surface area (Å²) in [5.41, 5.74) is 2.42. The highest BCUT2D eigenvalue weighted by Gasteiger charge is 2.21. The lowest BCUT2D eigenvalue weighted by atomic mass is 9.98. The molecular weight excluding hydrogens is 218 g/mol. The third kappa shape index (κ3) is 2.37. The van der Waals surface area contributed by atoms with Crippen molar-refractivity contribution in [1.82, 2.24) is 5.32 Å². The van der Waals surface area contributed by atoms with Gasteiger partial charge in [0.05, 0.1) is 33.5 Å². The molecule has 0 fully saturated rings. The van der Waals surface area contributed by atoms with Crippen LogP contribution >= 0.6 is 0 Å².